The zero-order valence-electron chi connectivity index (χ0n) is 20.8. The summed E-state index contributed by atoms with van der Waals surface area (Å²) in [4.78, 5) is 28.7. The molecular formula is C28H32O2S3. The average Bonchev–Trinajstić information content (AvgIpc) is 3.15. The van der Waals surface area contributed by atoms with Gasteiger partial charge in [-0.1, -0.05) is 73.5 Å². The van der Waals surface area contributed by atoms with E-state index in [0.29, 0.717) is 0 Å². The van der Waals surface area contributed by atoms with Gasteiger partial charge in [0, 0.05) is 22.0 Å². The van der Waals surface area contributed by atoms with Crippen molar-refractivity contribution in [3.05, 3.63) is 68.8 Å². The Bertz CT molecular complexity index is 1150. The minimum Gasteiger partial charge on any atom is -0.292 e. The standard InChI is InChI=1S/C28H32O2S3/c1-15-9-11-17(3)21-19(15)13-25(5,6)27(23(21)29)31-28(33-32-27)24(30)22-18(4)12-10-16(2)20(22)14-26(28,7)8/h9-12H,13-14H2,1-8H3. The lowest BCUT2D eigenvalue weighted by Gasteiger charge is -2.50. The summed E-state index contributed by atoms with van der Waals surface area (Å²) in [5.74, 6) is 0.398. The highest BCUT2D eigenvalue weighted by atomic mass is 33.1. The van der Waals surface area contributed by atoms with Gasteiger partial charge in [0.2, 0.25) is 0 Å². The molecule has 1 heterocycles. The Labute approximate surface area is 209 Å². The second kappa shape index (κ2) is 7.18. The number of Topliss-reactive ketones (excluding diaryl/α,β-unsaturated/α-hetero) is 2. The topological polar surface area (TPSA) is 34.1 Å². The van der Waals surface area contributed by atoms with Gasteiger partial charge < -0.3 is 0 Å². The quantitative estimate of drug-likeness (QED) is 0.350. The third-order valence-corrected chi connectivity index (χ3v) is 15.6. The summed E-state index contributed by atoms with van der Waals surface area (Å²) in [6, 6.07) is 8.42. The lowest BCUT2D eigenvalue weighted by Crippen LogP contribution is -2.55. The molecule has 2 atom stereocenters. The monoisotopic (exact) mass is 496 g/mol. The van der Waals surface area contributed by atoms with Crippen LogP contribution in [0.15, 0.2) is 24.3 Å². The molecule has 1 saturated heterocycles. The van der Waals surface area contributed by atoms with Gasteiger partial charge in [-0.15, -0.1) is 11.8 Å². The van der Waals surface area contributed by atoms with E-state index in [1.807, 2.05) is 13.8 Å². The number of hydrogen-bond donors (Lipinski definition) is 0. The Balaban J connectivity index is 1.69. The minimum atomic E-state index is -0.689. The first kappa shape index (κ1) is 23.6. The van der Waals surface area contributed by atoms with Crippen LogP contribution in [0.1, 0.15) is 81.8 Å². The molecule has 2 aromatic rings. The fourth-order valence-corrected chi connectivity index (χ4v) is 13.5. The van der Waals surface area contributed by atoms with E-state index < -0.39 is 8.16 Å². The van der Waals surface area contributed by atoms with Crippen molar-refractivity contribution in [2.75, 3.05) is 0 Å². The SMILES string of the molecule is Cc1ccc(C)c2c1CC(C)(C)C1(SSC3(S1)C(=O)c1c(C)ccc(C)c1CC3(C)C)C2=O. The number of fused-ring (bicyclic) bond motifs is 2. The molecule has 0 saturated carbocycles. The van der Waals surface area contributed by atoms with Crippen LogP contribution in [0.5, 0.6) is 0 Å². The van der Waals surface area contributed by atoms with Gasteiger partial charge in [0.15, 0.2) is 11.6 Å². The molecule has 3 aliphatic rings. The molecule has 2 aromatic carbocycles. The summed E-state index contributed by atoms with van der Waals surface area (Å²) >= 11 is 1.67. The van der Waals surface area contributed by atoms with Crippen molar-refractivity contribution in [2.24, 2.45) is 10.8 Å². The van der Waals surface area contributed by atoms with Gasteiger partial charge in [-0.2, -0.15) is 0 Å². The molecule has 2 unspecified atom stereocenters. The van der Waals surface area contributed by atoms with E-state index in [-0.39, 0.29) is 22.4 Å². The second-order valence-corrected chi connectivity index (χ2v) is 15.9. The second-order valence-electron chi connectivity index (χ2n) is 11.4. The largest absolute Gasteiger partial charge is 0.292 e. The number of carbonyl (C=O) groups excluding carboxylic acids is 2. The summed E-state index contributed by atoms with van der Waals surface area (Å²) in [5.41, 5.74) is 8.08. The Hall–Kier alpha value is -1.17. The highest BCUT2D eigenvalue weighted by Gasteiger charge is 2.70. The summed E-state index contributed by atoms with van der Waals surface area (Å²) in [6.07, 6.45) is 1.70. The van der Waals surface area contributed by atoms with Crippen LogP contribution < -0.4 is 0 Å². The zero-order chi connectivity index (χ0) is 24.1. The first-order valence-electron chi connectivity index (χ1n) is 11.6. The van der Waals surface area contributed by atoms with E-state index in [1.165, 1.54) is 22.3 Å². The maximum absolute atomic E-state index is 14.4. The van der Waals surface area contributed by atoms with Crippen LogP contribution in [-0.2, 0) is 12.8 Å². The maximum atomic E-state index is 14.4. The highest BCUT2D eigenvalue weighted by Crippen LogP contribution is 2.77. The van der Waals surface area contributed by atoms with Crippen LogP contribution in [0.25, 0.3) is 0 Å². The molecule has 0 aromatic heterocycles. The molecule has 33 heavy (non-hydrogen) atoms. The van der Waals surface area contributed by atoms with Gasteiger partial charge in [-0.25, -0.2) is 0 Å². The zero-order valence-corrected chi connectivity index (χ0v) is 23.2. The molecule has 2 nitrogen and oxygen atoms in total. The van der Waals surface area contributed by atoms with Crippen molar-refractivity contribution in [2.45, 2.75) is 76.4 Å². The van der Waals surface area contributed by atoms with E-state index >= 15 is 0 Å². The van der Waals surface area contributed by atoms with E-state index in [1.54, 1.807) is 33.3 Å². The lowest BCUT2D eigenvalue weighted by atomic mass is 9.70. The smallest absolute Gasteiger partial charge is 0.190 e. The molecule has 1 aliphatic heterocycles. The van der Waals surface area contributed by atoms with Crippen molar-refractivity contribution in [1.82, 2.24) is 0 Å². The van der Waals surface area contributed by atoms with Crippen LogP contribution in [0, 0.1) is 38.5 Å². The van der Waals surface area contributed by atoms with Gasteiger partial charge in [-0.3, -0.25) is 9.59 Å². The molecule has 0 radical (unpaired) electrons. The molecule has 174 valence electrons. The molecule has 2 aliphatic carbocycles. The van der Waals surface area contributed by atoms with E-state index in [0.717, 1.165) is 35.1 Å². The van der Waals surface area contributed by atoms with Crippen molar-refractivity contribution in [3.8, 4) is 0 Å². The Morgan fingerprint density at radius 3 is 1.30 bits per heavy atom. The van der Waals surface area contributed by atoms with E-state index in [2.05, 4.69) is 65.8 Å². The number of ketones is 2. The number of thioether (sulfide) groups is 1. The van der Waals surface area contributed by atoms with Gasteiger partial charge in [0.1, 0.15) is 8.16 Å². The molecule has 5 rings (SSSR count). The summed E-state index contributed by atoms with van der Waals surface area (Å²) in [5, 5.41) is 0. The first-order valence-corrected chi connectivity index (χ1v) is 14.6. The van der Waals surface area contributed by atoms with Crippen LogP contribution in [0.4, 0.5) is 0 Å². The van der Waals surface area contributed by atoms with Crippen molar-refractivity contribution in [1.29, 1.82) is 0 Å². The number of aryl methyl sites for hydroxylation is 4. The Morgan fingerprint density at radius 2 is 0.939 bits per heavy atom. The molecule has 2 spiro atoms. The van der Waals surface area contributed by atoms with Crippen LogP contribution in [0.3, 0.4) is 0 Å². The molecule has 1 fully saturated rings. The van der Waals surface area contributed by atoms with Gasteiger partial charge in [-0.05, 0) is 73.9 Å². The van der Waals surface area contributed by atoms with Crippen molar-refractivity contribution < 1.29 is 9.59 Å². The third-order valence-electron chi connectivity index (χ3n) is 8.15. The molecule has 0 N–H and O–H groups in total. The van der Waals surface area contributed by atoms with Gasteiger partial charge >= 0.3 is 0 Å². The predicted octanol–water partition coefficient (Wildman–Crippen LogP) is 7.67. The lowest BCUT2D eigenvalue weighted by molar-refractivity contribution is 0.0891. The summed E-state index contributed by atoms with van der Waals surface area (Å²) in [6.45, 7) is 17.2. The molecular weight excluding hydrogens is 465 g/mol. The average molecular weight is 497 g/mol. The highest BCUT2D eigenvalue weighted by molar-refractivity contribution is 8.84. The number of carbonyl (C=O) groups is 2. The van der Waals surface area contributed by atoms with Crippen LogP contribution >= 0.6 is 33.3 Å². The van der Waals surface area contributed by atoms with Crippen LogP contribution in [-0.4, -0.2) is 19.7 Å². The maximum Gasteiger partial charge on any atom is 0.190 e. The molecule has 0 amide bonds. The Morgan fingerprint density at radius 1 is 0.606 bits per heavy atom. The fourth-order valence-electron chi connectivity index (χ4n) is 5.91. The van der Waals surface area contributed by atoms with Crippen LogP contribution in [0.2, 0.25) is 0 Å². The predicted molar refractivity (Wildman–Crippen MR) is 144 cm³/mol. The Kier molecular flexibility index (Phi) is 5.12. The minimum absolute atomic E-state index is 0.199. The normalized spacial score (nSPS) is 29.5. The third kappa shape index (κ3) is 2.91. The number of benzene rings is 2. The van der Waals surface area contributed by atoms with Gasteiger partial charge in [0.25, 0.3) is 0 Å². The van der Waals surface area contributed by atoms with Gasteiger partial charge in [0.05, 0.1) is 0 Å². The summed E-state index contributed by atoms with van der Waals surface area (Å²) in [7, 11) is 3.33. The number of hydrogen-bond acceptors (Lipinski definition) is 5. The molecule has 5 heteroatoms. The fraction of sp³-hybridized carbons (Fsp3) is 0.500. The first-order chi connectivity index (χ1) is 15.3. The van der Waals surface area contributed by atoms with E-state index in [4.69, 9.17) is 0 Å². The van der Waals surface area contributed by atoms with E-state index in [9.17, 15) is 9.59 Å². The number of rotatable bonds is 0. The van der Waals surface area contributed by atoms with Crippen molar-refractivity contribution in [3.63, 3.8) is 0 Å². The summed E-state index contributed by atoms with van der Waals surface area (Å²) < 4.78 is -1.38. The molecule has 0 bridgehead atoms. The van der Waals surface area contributed by atoms with Crippen molar-refractivity contribution >= 4 is 44.9 Å².